The fraction of sp³-hybridized carbons (Fsp3) is 0.300. The van der Waals surface area contributed by atoms with Crippen LogP contribution in [0, 0.1) is 18.6 Å². The number of hydrogen-bond donors (Lipinski definition) is 0. The number of aryl methyl sites for hydroxylation is 1. The largest absolute Gasteiger partial charge is 0.415 e. The van der Waals surface area contributed by atoms with Crippen molar-refractivity contribution in [2.75, 3.05) is 13.1 Å². The van der Waals surface area contributed by atoms with Crippen LogP contribution in [0.15, 0.2) is 42.7 Å². The van der Waals surface area contributed by atoms with Gasteiger partial charge in [0.2, 0.25) is 0 Å². The molecule has 1 aliphatic rings. The Bertz CT molecular complexity index is 1030. The van der Waals surface area contributed by atoms with Crippen LogP contribution in [0.2, 0.25) is 0 Å². The van der Waals surface area contributed by atoms with Crippen molar-refractivity contribution in [3.05, 3.63) is 60.1 Å². The van der Waals surface area contributed by atoms with Gasteiger partial charge in [-0.25, -0.2) is 18.3 Å². The number of piperidine rings is 1. The summed E-state index contributed by atoms with van der Waals surface area (Å²) in [6.07, 6.45) is 4.32. The fourth-order valence-corrected chi connectivity index (χ4v) is 3.29. The van der Waals surface area contributed by atoms with Crippen LogP contribution in [0.1, 0.15) is 24.6 Å². The molecule has 9 heteroatoms. The molecule has 0 spiro atoms. The Hall–Kier alpha value is -3.36. The van der Waals surface area contributed by atoms with E-state index in [0.29, 0.717) is 48.6 Å². The minimum Gasteiger partial charge on any atom is -0.408 e. The maximum absolute atomic E-state index is 13.4. The highest BCUT2D eigenvalue weighted by atomic mass is 19.2. The van der Waals surface area contributed by atoms with Gasteiger partial charge in [-0.1, -0.05) is 5.21 Å². The van der Waals surface area contributed by atoms with Crippen LogP contribution in [0.25, 0.3) is 11.3 Å². The summed E-state index contributed by atoms with van der Waals surface area (Å²) >= 11 is 0. The number of halogens is 2. The smallest absolute Gasteiger partial charge is 0.408 e. The highest BCUT2D eigenvalue weighted by molar-refractivity contribution is 5.71. The van der Waals surface area contributed by atoms with Crippen molar-refractivity contribution in [3.63, 3.8) is 0 Å². The topological polar surface area (TPSA) is 73.1 Å². The Kier molecular flexibility index (Phi) is 5.20. The SMILES string of the molecule is Cc1ncccc1OC(=O)N1CCC(n2cc(-c3ccc(F)c(F)c3)nn2)CC1. The molecule has 0 unspecified atom stereocenters. The lowest BCUT2D eigenvalue weighted by molar-refractivity contribution is 0.129. The first-order chi connectivity index (χ1) is 14.0. The third-order valence-corrected chi connectivity index (χ3v) is 4.98. The van der Waals surface area contributed by atoms with Crippen molar-refractivity contribution in [1.29, 1.82) is 0 Å². The molecule has 4 rings (SSSR count). The number of nitrogens with zero attached hydrogens (tertiary/aromatic N) is 5. The molecule has 0 N–H and O–H groups in total. The Morgan fingerprint density at radius 3 is 2.69 bits per heavy atom. The number of hydrogen-bond acceptors (Lipinski definition) is 5. The van der Waals surface area contributed by atoms with Gasteiger partial charge in [0.1, 0.15) is 5.69 Å². The Balaban J connectivity index is 1.37. The van der Waals surface area contributed by atoms with Gasteiger partial charge in [-0.05, 0) is 50.1 Å². The van der Waals surface area contributed by atoms with E-state index in [4.69, 9.17) is 4.74 Å². The molecule has 1 fully saturated rings. The second-order valence-corrected chi connectivity index (χ2v) is 6.89. The number of ether oxygens (including phenoxy) is 1. The van der Waals surface area contributed by atoms with E-state index in [1.54, 1.807) is 41.0 Å². The zero-order chi connectivity index (χ0) is 20.4. The van der Waals surface area contributed by atoms with Crippen LogP contribution < -0.4 is 4.74 Å². The number of benzene rings is 1. The van der Waals surface area contributed by atoms with Gasteiger partial charge in [-0.3, -0.25) is 4.98 Å². The van der Waals surface area contributed by atoms with E-state index in [1.165, 1.54) is 6.07 Å². The van der Waals surface area contributed by atoms with Crippen LogP contribution in [-0.2, 0) is 0 Å². The highest BCUT2D eigenvalue weighted by Crippen LogP contribution is 2.26. The van der Waals surface area contributed by atoms with Crippen LogP contribution in [0.4, 0.5) is 13.6 Å². The van der Waals surface area contributed by atoms with Gasteiger partial charge in [-0.15, -0.1) is 5.10 Å². The summed E-state index contributed by atoms with van der Waals surface area (Å²) in [5, 5.41) is 8.19. The van der Waals surface area contributed by atoms with E-state index in [2.05, 4.69) is 15.3 Å². The van der Waals surface area contributed by atoms with E-state index in [9.17, 15) is 13.6 Å². The molecule has 1 saturated heterocycles. The number of amides is 1. The van der Waals surface area contributed by atoms with Crippen molar-refractivity contribution in [1.82, 2.24) is 24.9 Å². The number of pyridine rings is 1. The molecule has 0 saturated carbocycles. The zero-order valence-electron chi connectivity index (χ0n) is 15.8. The van der Waals surface area contributed by atoms with Crippen LogP contribution in [0.5, 0.6) is 5.75 Å². The third-order valence-electron chi connectivity index (χ3n) is 4.98. The first-order valence-corrected chi connectivity index (χ1v) is 9.27. The first-order valence-electron chi connectivity index (χ1n) is 9.27. The van der Waals surface area contributed by atoms with Crippen molar-refractivity contribution >= 4 is 6.09 Å². The molecule has 1 amide bonds. The summed E-state index contributed by atoms with van der Waals surface area (Å²) < 4.78 is 33.7. The van der Waals surface area contributed by atoms with Gasteiger partial charge in [0.05, 0.1) is 17.9 Å². The maximum atomic E-state index is 13.4. The normalized spacial score (nSPS) is 14.8. The molecule has 3 aromatic rings. The molecule has 150 valence electrons. The Morgan fingerprint density at radius 1 is 1.17 bits per heavy atom. The minimum absolute atomic E-state index is 0.0609. The van der Waals surface area contributed by atoms with E-state index >= 15 is 0 Å². The average Bonchev–Trinajstić information content (AvgIpc) is 3.22. The summed E-state index contributed by atoms with van der Waals surface area (Å²) in [4.78, 5) is 18.1. The minimum atomic E-state index is -0.923. The van der Waals surface area contributed by atoms with Gasteiger partial charge in [-0.2, -0.15) is 0 Å². The zero-order valence-corrected chi connectivity index (χ0v) is 15.8. The first kappa shape index (κ1) is 19.0. The van der Waals surface area contributed by atoms with Gasteiger partial charge < -0.3 is 9.64 Å². The molecule has 2 aromatic heterocycles. The second kappa shape index (κ2) is 7.94. The van der Waals surface area contributed by atoms with Crippen molar-refractivity contribution in [2.45, 2.75) is 25.8 Å². The number of carbonyl (C=O) groups excluding carboxylic acids is 1. The lowest BCUT2D eigenvalue weighted by atomic mass is 10.1. The van der Waals surface area contributed by atoms with Crippen molar-refractivity contribution < 1.29 is 18.3 Å². The third kappa shape index (κ3) is 4.08. The van der Waals surface area contributed by atoms with Gasteiger partial charge in [0, 0.05) is 24.8 Å². The van der Waals surface area contributed by atoms with Crippen LogP contribution >= 0.6 is 0 Å². The van der Waals surface area contributed by atoms with E-state index in [-0.39, 0.29) is 6.04 Å². The van der Waals surface area contributed by atoms with Crippen molar-refractivity contribution in [2.24, 2.45) is 0 Å². The van der Waals surface area contributed by atoms with Gasteiger partial charge in [0.25, 0.3) is 0 Å². The molecule has 0 bridgehead atoms. The Morgan fingerprint density at radius 2 is 1.97 bits per heavy atom. The van der Waals surface area contributed by atoms with Crippen molar-refractivity contribution in [3.8, 4) is 17.0 Å². The van der Waals surface area contributed by atoms with E-state index in [0.717, 1.165) is 12.1 Å². The summed E-state index contributed by atoms with van der Waals surface area (Å²) in [6.45, 7) is 2.82. The van der Waals surface area contributed by atoms with Gasteiger partial charge >= 0.3 is 6.09 Å². The van der Waals surface area contributed by atoms with E-state index in [1.807, 2.05) is 0 Å². The molecule has 29 heavy (non-hydrogen) atoms. The molecule has 0 atom stereocenters. The Labute approximate surface area is 165 Å². The predicted octanol–water partition coefficient (Wildman–Crippen LogP) is 3.76. The molecule has 1 aliphatic heterocycles. The number of rotatable bonds is 3. The van der Waals surface area contributed by atoms with Crippen LogP contribution in [-0.4, -0.2) is 44.1 Å². The molecule has 0 radical (unpaired) electrons. The highest BCUT2D eigenvalue weighted by Gasteiger charge is 2.26. The standard InChI is InChI=1S/C20H19F2N5O2/c1-13-19(3-2-8-23-13)29-20(28)26-9-6-15(7-10-26)27-12-18(24-25-27)14-4-5-16(21)17(22)11-14/h2-5,8,11-12,15H,6-7,9-10H2,1H3. The molecular weight excluding hydrogens is 380 g/mol. The monoisotopic (exact) mass is 399 g/mol. The second-order valence-electron chi connectivity index (χ2n) is 6.89. The molecule has 3 heterocycles. The quantitative estimate of drug-likeness (QED) is 0.671. The number of likely N-dealkylation sites (tertiary alicyclic amines) is 1. The summed E-state index contributed by atoms with van der Waals surface area (Å²) in [5.41, 5.74) is 1.59. The summed E-state index contributed by atoms with van der Waals surface area (Å²) in [7, 11) is 0. The number of carbonyl (C=O) groups is 1. The molecular formula is C20H19F2N5O2. The fourth-order valence-electron chi connectivity index (χ4n) is 3.29. The molecule has 7 nitrogen and oxygen atoms in total. The maximum Gasteiger partial charge on any atom is 0.415 e. The lowest BCUT2D eigenvalue weighted by Gasteiger charge is -2.31. The summed E-state index contributed by atoms with van der Waals surface area (Å²) in [5.74, 6) is -1.37. The lowest BCUT2D eigenvalue weighted by Crippen LogP contribution is -2.40. The summed E-state index contributed by atoms with van der Waals surface area (Å²) in [6, 6.07) is 7.12. The van der Waals surface area contributed by atoms with Gasteiger partial charge in [0.15, 0.2) is 17.4 Å². The molecule has 1 aromatic carbocycles. The predicted molar refractivity (Wildman–Crippen MR) is 100 cm³/mol. The average molecular weight is 399 g/mol. The van der Waals surface area contributed by atoms with Crippen LogP contribution in [0.3, 0.4) is 0 Å². The van der Waals surface area contributed by atoms with E-state index < -0.39 is 17.7 Å². The number of aromatic nitrogens is 4. The molecule has 0 aliphatic carbocycles.